The van der Waals surface area contributed by atoms with E-state index in [4.69, 9.17) is 0 Å². The predicted octanol–water partition coefficient (Wildman–Crippen LogP) is 2.25. The van der Waals surface area contributed by atoms with Crippen molar-refractivity contribution in [1.29, 1.82) is 0 Å². The van der Waals surface area contributed by atoms with Gasteiger partial charge in [0.05, 0.1) is 11.4 Å². The minimum atomic E-state index is 0.962. The van der Waals surface area contributed by atoms with Crippen LogP contribution in [0, 0.1) is 24.7 Å². The molecule has 1 heterocycles. The lowest BCUT2D eigenvalue weighted by Gasteiger charge is -2.16. The van der Waals surface area contributed by atoms with Gasteiger partial charge in [-0.15, -0.1) is 0 Å². The summed E-state index contributed by atoms with van der Waals surface area (Å²) in [5.74, 6) is 3.05. The largest absolute Gasteiger partial charge is 0.311 e. The molecule has 0 amide bonds. The van der Waals surface area contributed by atoms with Gasteiger partial charge >= 0.3 is 0 Å². The van der Waals surface area contributed by atoms with Crippen molar-refractivity contribution in [3.63, 3.8) is 0 Å². The Morgan fingerprint density at radius 3 is 2.47 bits per heavy atom. The van der Waals surface area contributed by atoms with Crippen molar-refractivity contribution < 1.29 is 0 Å². The van der Waals surface area contributed by atoms with E-state index in [-0.39, 0.29) is 0 Å². The molecule has 3 nitrogen and oxygen atoms in total. The van der Waals surface area contributed by atoms with Gasteiger partial charge in [0.25, 0.3) is 0 Å². The van der Waals surface area contributed by atoms with Crippen LogP contribution in [0.4, 0.5) is 0 Å². The average Bonchev–Trinajstić information content (AvgIpc) is 3.14. The SMILES string of the molecule is Cc1cc(CNCC(C2CC2)C2CC2)n(C)n1. The Bertz CT molecular complexity index is 376. The summed E-state index contributed by atoms with van der Waals surface area (Å²) < 4.78 is 1.99. The fraction of sp³-hybridized carbons (Fsp3) is 0.786. The minimum Gasteiger partial charge on any atom is -0.311 e. The van der Waals surface area contributed by atoms with Gasteiger partial charge in [-0.3, -0.25) is 4.68 Å². The van der Waals surface area contributed by atoms with Crippen molar-refractivity contribution in [1.82, 2.24) is 15.1 Å². The molecule has 1 aromatic rings. The Morgan fingerprint density at radius 1 is 1.35 bits per heavy atom. The molecule has 3 heteroatoms. The minimum absolute atomic E-state index is 0.962. The van der Waals surface area contributed by atoms with E-state index < -0.39 is 0 Å². The van der Waals surface area contributed by atoms with Crippen LogP contribution in [0.5, 0.6) is 0 Å². The number of aromatic nitrogens is 2. The summed E-state index contributed by atoms with van der Waals surface area (Å²) >= 11 is 0. The van der Waals surface area contributed by atoms with Crippen LogP contribution in [0.15, 0.2) is 6.07 Å². The zero-order valence-electron chi connectivity index (χ0n) is 10.9. The van der Waals surface area contributed by atoms with E-state index >= 15 is 0 Å². The van der Waals surface area contributed by atoms with Crippen LogP contribution < -0.4 is 5.32 Å². The molecule has 0 bridgehead atoms. The molecule has 17 heavy (non-hydrogen) atoms. The molecule has 0 saturated heterocycles. The maximum atomic E-state index is 4.38. The molecule has 1 N–H and O–H groups in total. The number of hydrogen-bond donors (Lipinski definition) is 1. The Labute approximate surface area is 104 Å². The predicted molar refractivity (Wildman–Crippen MR) is 68.6 cm³/mol. The lowest BCUT2D eigenvalue weighted by Crippen LogP contribution is -2.26. The summed E-state index contributed by atoms with van der Waals surface area (Å²) in [6.45, 7) is 4.23. The van der Waals surface area contributed by atoms with E-state index in [0.717, 1.165) is 30.0 Å². The van der Waals surface area contributed by atoms with Crippen molar-refractivity contribution in [2.24, 2.45) is 24.8 Å². The Balaban J connectivity index is 1.49. The van der Waals surface area contributed by atoms with Gasteiger partial charge in [0.2, 0.25) is 0 Å². The zero-order valence-corrected chi connectivity index (χ0v) is 10.9. The van der Waals surface area contributed by atoms with Gasteiger partial charge in [0.15, 0.2) is 0 Å². The molecule has 1 aromatic heterocycles. The fourth-order valence-corrected chi connectivity index (χ4v) is 2.96. The smallest absolute Gasteiger partial charge is 0.0597 e. The van der Waals surface area contributed by atoms with Crippen molar-refractivity contribution in [3.05, 3.63) is 17.5 Å². The lowest BCUT2D eigenvalue weighted by molar-refractivity contribution is 0.376. The van der Waals surface area contributed by atoms with Gasteiger partial charge in [0, 0.05) is 13.6 Å². The van der Waals surface area contributed by atoms with Crippen LogP contribution in [0.25, 0.3) is 0 Å². The summed E-state index contributed by atoms with van der Waals surface area (Å²) in [4.78, 5) is 0. The molecular formula is C14H23N3. The van der Waals surface area contributed by atoms with Gasteiger partial charge in [0.1, 0.15) is 0 Å². The van der Waals surface area contributed by atoms with E-state index in [2.05, 4.69) is 23.4 Å². The third-order valence-electron chi connectivity index (χ3n) is 4.24. The van der Waals surface area contributed by atoms with Gasteiger partial charge in [-0.2, -0.15) is 5.10 Å². The summed E-state index contributed by atoms with van der Waals surface area (Å²) in [6.07, 6.45) is 5.92. The lowest BCUT2D eigenvalue weighted by atomic mass is 9.98. The highest BCUT2D eigenvalue weighted by molar-refractivity contribution is 5.08. The molecule has 0 spiro atoms. The number of nitrogens with zero attached hydrogens (tertiary/aromatic N) is 2. The van der Waals surface area contributed by atoms with Gasteiger partial charge in [-0.1, -0.05) is 0 Å². The molecule has 0 unspecified atom stereocenters. The molecular weight excluding hydrogens is 210 g/mol. The van der Waals surface area contributed by atoms with E-state index in [1.54, 1.807) is 0 Å². The highest BCUT2D eigenvalue weighted by Gasteiger charge is 2.40. The molecule has 2 aliphatic rings. The van der Waals surface area contributed by atoms with E-state index in [9.17, 15) is 0 Å². The second kappa shape index (κ2) is 4.45. The van der Waals surface area contributed by atoms with Crippen LogP contribution in [-0.2, 0) is 13.6 Å². The summed E-state index contributed by atoms with van der Waals surface area (Å²) in [7, 11) is 2.03. The van der Waals surface area contributed by atoms with E-state index in [0.29, 0.717) is 0 Å². The van der Waals surface area contributed by atoms with Gasteiger partial charge in [-0.25, -0.2) is 0 Å². The van der Waals surface area contributed by atoms with Crippen LogP contribution in [0.2, 0.25) is 0 Å². The van der Waals surface area contributed by atoms with Crippen molar-refractivity contribution in [2.45, 2.75) is 39.2 Å². The molecule has 0 radical (unpaired) electrons. The standard InChI is InChI=1S/C14H23N3/c1-10-7-13(17(2)16-10)8-15-9-14(11-3-4-11)12-5-6-12/h7,11-12,14-15H,3-6,8-9H2,1-2H3. The van der Waals surface area contributed by atoms with Gasteiger partial charge in [-0.05, 0) is 63.0 Å². The van der Waals surface area contributed by atoms with E-state index in [1.807, 2.05) is 11.7 Å². The number of nitrogens with one attached hydrogen (secondary N) is 1. The van der Waals surface area contributed by atoms with Crippen LogP contribution in [0.3, 0.4) is 0 Å². The fourth-order valence-electron chi connectivity index (χ4n) is 2.96. The second-order valence-electron chi connectivity index (χ2n) is 5.87. The molecule has 0 aromatic carbocycles. The molecule has 2 fully saturated rings. The molecule has 0 atom stereocenters. The average molecular weight is 233 g/mol. The van der Waals surface area contributed by atoms with Gasteiger partial charge < -0.3 is 5.32 Å². The van der Waals surface area contributed by atoms with Crippen LogP contribution >= 0.6 is 0 Å². The van der Waals surface area contributed by atoms with Crippen molar-refractivity contribution in [2.75, 3.05) is 6.54 Å². The topological polar surface area (TPSA) is 29.9 Å². The second-order valence-corrected chi connectivity index (χ2v) is 5.87. The third kappa shape index (κ3) is 2.71. The molecule has 0 aliphatic heterocycles. The quantitative estimate of drug-likeness (QED) is 0.816. The first kappa shape index (κ1) is 11.3. The number of aryl methyl sites for hydroxylation is 2. The molecule has 2 saturated carbocycles. The first-order valence-electron chi connectivity index (χ1n) is 6.94. The molecule has 94 valence electrons. The maximum Gasteiger partial charge on any atom is 0.0597 e. The summed E-state index contributed by atoms with van der Waals surface area (Å²) in [6, 6.07) is 2.18. The van der Waals surface area contributed by atoms with Crippen LogP contribution in [-0.4, -0.2) is 16.3 Å². The Hall–Kier alpha value is -0.830. The highest BCUT2D eigenvalue weighted by Crippen LogP contribution is 2.48. The maximum absolute atomic E-state index is 4.38. The monoisotopic (exact) mass is 233 g/mol. The first-order chi connectivity index (χ1) is 8.24. The van der Waals surface area contributed by atoms with Crippen molar-refractivity contribution in [3.8, 4) is 0 Å². The van der Waals surface area contributed by atoms with Crippen LogP contribution in [0.1, 0.15) is 37.1 Å². The molecule has 2 aliphatic carbocycles. The first-order valence-corrected chi connectivity index (χ1v) is 6.94. The normalized spacial score (nSPS) is 20.2. The summed E-state index contributed by atoms with van der Waals surface area (Å²) in [5, 5.41) is 8.02. The highest BCUT2D eigenvalue weighted by atomic mass is 15.3. The van der Waals surface area contributed by atoms with Crippen molar-refractivity contribution >= 4 is 0 Å². The van der Waals surface area contributed by atoms with E-state index in [1.165, 1.54) is 37.9 Å². The molecule has 3 rings (SSSR count). The number of hydrogen-bond acceptors (Lipinski definition) is 2. The number of rotatable bonds is 6. The zero-order chi connectivity index (χ0) is 11.8. The summed E-state index contributed by atoms with van der Waals surface area (Å²) in [5.41, 5.74) is 2.41. The third-order valence-corrected chi connectivity index (χ3v) is 4.24. The Kier molecular flexibility index (Phi) is 2.95. The Morgan fingerprint density at radius 2 is 2.00 bits per heavy atom.